The molecule has 7 nitrogen and oxygen atoms in total. The number of Topliss-reactive ketones (excluding diaryl/α,β-unsaturated/α-hetero) is 1. The normalized spacial score (nSPS) is 12.9. The fraction of sp³-hybridized carbons (Fsp3) is 0.238. The summed E-state index contributed by atoms with van der Waals surface area (Å²) >= 11 is 0. The van der Waals surface area contributed by atoms with E-state index in [0.717, 1.165) is 0 Å². The monoisotopic (exact) mass is 380 g/mol. The van der Waals surface area contributed by atoms with Crippen LogP contribution >= 0.6 is 0 Å². The summed E-state index contributed by atoms with van der Waals surface area (Å²) in [6.45, 7) is 2.16. The van der Waals surface area contributed by atoms with Gasteiger partial charge in [-0.25, -0.2) is 0 Å². The second-order valence-electron chi connectivity index (χ2n) is 6.46. The third-order valence-electron chi connectivity index (χ3n) is 4.49. The van der Waals surface area contributed by atoms with E-state index in [1.54, 1.807) is 31.4 Å². The summed E-state index contributed by atoms with van der Waals surface area (Å²) in [7, 11) is 1.55. The second kappa shape index (κ2) is 8.14. The summed E-state index contributed by atoms with van der Waals surface area (Å²) in [6.07, 6.45) is 0.543. The van der Waals surface area contributed by atoms with Crippen molar-refractivity contribution in [3.8, 4) is 0 Å². The van der Waals surface area contributed by atoms with Crippen molar-refractivity contribution in [3.05, 3.63) is 64.7 Å². The van der Waals surface area contributed by atoms with Gasteiger partial charge in [-0.15, -0.1) is 0 Å². The van der Waals surface area contributed by atoms with E-state index in [1.807, 2.05) is 0 Å². The number of hydrogen-bond donors (Lipinski definition) is 1. The van der Waals surface area contributed by atoms with Gasteiger partial charge in [0.2, 0.25) is 0 Å². The van der Waals surface area contributed by atoms with Crippen molar-refractivity contribution in [3.63, 3.8) is 0 Å². The Morgan fingerprint density at radius 2 is 1.75 bits per heavy atom. The van der Waals surface area contributed by atoms with Crippen LogP contribution in [0.15, 0.2) is 42.5 Å². The van der Waals surface area contributed by atoms with Crippen molar-refractivity contribution < 1.29 is 23.9 Å². The largest absolute Gasteiger partial charge is 0.385 e. The van der Waals surface area contributed by atoms with Crippen molar-refractivity contribution >= 4 is 29.2 Å². The van der Waals surface area contributed by atoms with Gasteiger partial charge in [-0.1, -0.05) is 12.1 Å². The first-order valence-electron chi connectivity index (χ1n) is 8.84. The highest BCUT2D eigenvalue weighted by atomic mass is 16.5. The number of carbonyl (C=O) groups is 4. The average molecular weight is 380 g/mol. The van der Waals surface area contributed by atoms with Crippen molar-refractivity contribution in [2.45, 2.75) is 13.3 Å². The van der Waals surface area contributed by atoms with Crippen LogP contribution in [0.5, 0.6) is 0 Å². The number of rotatable bonds is 7. The average Bonchev–Trinajstić information content (AvgIpc) is 2.92. The van der Waals surface area contributed by atoms with Crippen LogP contribution in [0, 0.1) is 0 Å². The molecular weight excluding hydrogens is 360 g/mol. The van der Waals surface area contributed by atoms with Gasteiger partial charge in [0, 0.05) is 37.1 Å². The van der Waals surface area contributed by atoms with Gasteiger partial charge in [0.1, 0.15) is 0 Å². The Hall–Kier alpha value is -3.32. The van der Waals surface area contributed by atoms with Crippen LogP contribution in [0.25, 0.3) is 0 Å². The maximum atomic E-state index is 12.6. The predicted octanol–water partition coefficient (Wildman–Crippen LogP) is 2.77. The molecule has 0 radical (unpaired) electrons. The summed E-state index contributed by atoms with van der Waals surface area (Å²) in [4.78, 5) is 50.2. The third kappa shape index (κ3) is 3.84. The molecule has 144 valence electrons. The number of ketones is 1. The van der Waals surface area contributed by atoms with Gasteiger partial charge in [-0.05, 0) is 43.7 Å². The van der Waals surface area contributed by atoms with Crippen molar-refractivity contribution in [2.75, 3.05) is 25.6 Å². The van der Waals surface area contributed by atoms with Gasteiger partial charge >= 0.3 is 0 Å². The van der Waals surface area contributed by atoms with Gasteiger partial charge in [-0.2, -0.15) is 0 Å². The molecule has 2 aromatic rings. The molecule has 1 N–H and O–H groups in total. The van der Waals surface area contributed by atoms with Crippen LogP contribution in [0.3, 0.4) is 0 Å². The first-order valence-corrected chi connectivity index (χ1v) is 8.84. The lowest BCUT2D eigenvalue weighted by Crippen LogP contribution is -2.31. The highest BCUT2D eigenvalue weighted by molar-refractivity contribution is 6.22. The maximum Gasteiger partial charge on any atom is 0.261 e. The van der Waals surface area contributed by atoms with Gasteiger partial charge in [0.25, 0.3) is 17.7 Å². The summed E-state index contributed by atoms with van der Waals surface area (Å²) in [6, 6.07) is 11.0. The maximum absolute atomic E-state index is 12.6. The fourth-order valence-corrected chi connectivity index (χ4v) is 3.02. The van der Waals surface area contributed by atoms with Crippen LogP contribution in [-0.4, -0.2) is 48.7 Å². The molecule has 28 heavy (non-hydrogen) atoms. The molecule has 3 amide bonds. The number of anilines is 1. The first-order chi connectivity index (χ1) is 13.4. The molecule has 0 unspecified atom stereocenters. The molecule has 0 spiro atoms. The van der Waals surface area contributed by atoms with E-state index in [2.05, 4.69) is 5.32 Å². The number of hydrogen-bond acceptors (Lipinski definition) is 5. The van der Waals surface area contributed by atoms with Crippen molar-refractivity contribution in [1.82, 2.24) is 4.90 Å². The smallest absolute Gasteiger partial charge is 0.261 e. The second-order valence-corrected chi connectivity index (χ2v) is 6.46. The Kier molecular flexibility index (Phi) is 5.65. The Balaban J connectivity index is 1.78. The zero-order valence-electron chi connectivity index (χ0n) is 15.7. The lowest BCUT2D eigenvalue weighted by atomic mass is 10.0. The summed E-state index contributed by atoms with van der Waals surface area (Å²) in [5, 5.41) is 2.71. The number of ether oxygens (including phenoxy) is 1. The third-order valence-corrected chi connectivity index (χ3v) is 4.49. The number of methoxy groups -OCH3 is 1. The van der Waals surface area contributed by atoms with Gasteiger partial charge in [-0.3, -0.25) is 24.1 Å². The molecular formula is C21H20N2O5. The molecule has 0 aliphatic carbocycles. The number of nitrogens with one attached hydrogen (secondary N) is 1. The standard InChI is InChI=1S/C21H20N2O5/c1-13(24)14-5-3-6-16(11-14)22-19(25)15-7-8-17-18(12-15)21(27)23(20(17)26)9-4-10-28-2/h3,5-8,11-12H,4,9-10H2,1-2H3,(H,22,25). The molecule has 0 atom stereocenters. The Morgan fingerprint density at radius 1 is 1.00 bits per heavy atom. The fourth-order valence-electron chi connectivity index (χ4n) is 3.02. The van der Waals surface area contributed by atoms with Crippen molar-refractivity contribution in [1.29, 1.82) is 0 Å². The van der Waals surface area contributed by atoms with E-state index in [-0.39, 0.29) is 34.9 Å². The van der Waals surface area contributed by atoms with Crippen molar-refractivity contribution in [2.24, 2.45) is 0 Å². The SMILES string of the molecule is COCCCN1C(=O)c2ccc(C(=O)Nc3cccc(C(C)=O)c3)cc2C1=O. The molecule has 0 saturated heterocycles. The topological polar surface area (TPSA) is 92.8 Å². The molecule has 0 aromatic heterocycles. The van der Waals surface area contributed by atoms with Gasteiger partial charge < -0.3 is 10.1 Å². The summed E-state index contributed by atoms with van der Waals surface area (Å²) in [5.74, 6) is -1.31. The van der Waals surface area contributed by atoms with E-state index >= 15 is 0 Å². The van der Waals surface area contributed by atoms with Crippen LogP contribution in [-0.2, 0) is 4.74 Å². The van der Waals surface area contributed by atoms with E-state index in [1.165, 1.54) is 30.0 Å². The quantitative estimate of drug-likeness (QED) is 0.453. The van der Waals surface area contributed by atoms with Crippen LogP contribution < -0.4 is 5.32 Å². The molecule has 1 aliphatic heterocycles. The zero-order chi connectivity index (χ0) is 20.3. The number of benzene rings is 2. The number of imide groups is 1. The van der Waals surface area contributed by atoms with Crippen LogP contribution in [0.4, 0.5) is 5.69 Å². The van der Waals surface area contributed by atoms with Crippen LogP contribution in [0.1, 0.15) is 54.8 Å². The highest BCUT2D eigenvalue weighted by Crippen LogP contribution is 2.25. The highest BCUT2D eigenvalue weighted by Gasteiger charge is 2.35. The number of nitrogens with zero attached hydrogens (tertiary/aromatic N) is 1. The predicted molar refractivity (Wildman–Crippen MR) is 103 cm³/mol. The Labute approximate surface area is 162 Å². The van der Waals surface area contributed by atoms with E-state index in [0.29, 0.717) is 24.3 Å². The molecule has 0 fully saturated rings. The minimum absolute atomic E-state index is 0.105. The number of fused-ring (bicyclic) bond motifs is 1. The Bertz CT molecular complexity index is 967. The molecule has 3 rings (SSSR count). The van der Waals surface area contributed by atoms with E-state index in [4.69, 9.17) is 4.74 Å². The lowest BCUT2D eigenvalue weighted by molar-refractivity contribution is 0.0638. The molecule has 7 heteroatoms. The lowest BCUT2D eigenvalue weighted by Gasteiger charge is -2.12. The van der Waals surface area contributed by atoms with Gasteiger partial charge in [0.05, 0.1) is 11.1 Å². The van der Waals surface area contributed by atoms with E-state index < -0.39 is 11.8 Å². The van der Waals surface area contributed by atoms with E-state index in [9.17, 15) is 19.2 Å². The minimum atomic E-state index is -0.429. The molecule has 0 saturated carbocycles. The zero-order valence-corrected chi connectivity index (χ0v) is 15.7. The first kappa shape index (κ1) is 19.4. The molecule has 1 heterocycles. The number of amides is 3. The van der Waals surface area contributed by atoms with Crippen LogP contribution in [0.2, 0.25) is 0 Å². The minimum Gasteiger partial charge on any atom is -0.385 e. The Morgan fingerprint density at radius 3 is 2.46 bits per heavy atom. The molecule has 1 aliphatic rings. The molecule has 0 bridgehead atoms. The molecule has 2 aromatic carbocycles. The number of carbonyl (C=O) groups excluding carboxylic acids is 4. The van der Waals surface area contributed by atoms with Gasteiger partial charge in [0.15, 0.2) is 5.78 Å². The summed E-state index contributed by atoms with van der Waals surface area (Å²) < 4.78 is 4.96. The summed E-state index contributed by atoms with van der Waals surface area (Å²) in [5.41, 5.74) is 1.72.